The summed E-state index contributed by atoms with van der Waals surface area (Å²) in [5.41, 5.74) is 4.63. The van der Waals surface area contributed by atoms with Gasteiger partial charge in [-0.25, -0.2) is 0 Å². The van der Waals surface area contributed by atoms with Crippen LogP contribution in [0.4, 0.5) is 0 Å². The Labute approximate surface area is 192 Å². The maximum Gasteiger partial charge on any atom is 0.219 e. The molecule has 1 saturated heterocycles. The number of nitrogens with one attached hydrogen (secondary N) is 1. The predicted molar refractivity (Wildman–Crippen MR) is 126 cm³/mol. The fourth-order valence-electron chi connectivity index (χ4n) is 4.48. The first-order valence-corrected chi connectivity index (χ1v) is 11.1. The third-order valence-corrected chi connectivity index (χ3v) is 6.03. The molecule has 7 nitrogen and oxygen atoms in total. The van der Waals surface area contributed by atoms with Crippen LogP contribution in [0.25, 0.3) is 22.3 Å². The second kappa shape index (κ2) is 9.03. The number of likely N-dealkylation sites (tertiary alicyclic amines) is 1. The standard InChI is InChI=1S/C26H26N4O3/c1-17(31)30-11-5-7-25(30)21-14-23-18(12-24(29-23)22-6-3-4-10-27-22)13-26(21)33-20-9-8-19(16-32-2)28-15-20/h3-4,6,8-10,12-15,25,29H,5,7,11,16H2,1-2H3. The molecular weight excluding hydrogens is 416 g/mol. The molecule has 1 aliphatic heterocycles. The van der Waals surface area contributed by atoms with Crippen LogP contribution in [0.15, 0.2) is 60.9 Å². The Morgan fingerprint density at radius 2 is 2.09 bits per heavy atom. The van der Waals surface area contributed by atoms with Crippen LogP contribution in [0.2, 0.25) is 0 Å². The number of carbonyl (C=O) groups excluding carboxylic acids is 1. The molecule has 5 rings (SSSR count). The second-order valence-corrected chi connectivity index (χ2v) is 8.27. The van der Waals surface area contributed by atoms with Crippen molar-refractivity contribution in [3.8, 4) is 22.9 Å². The molecule has 0 saturated carbocycles. The van der Waals surface area contributed by atoms with Gasteiger partial charge in [0.15, 0.2) is 0 Å². The van der Waals surface area contributed by atoms with E-state index in [-0.39, 0.29) is 11.9 Å². The summed E-state index contributed by atoms with van der Waals surface area (Å²) in [6.07, 6.45) is 5.36. The van der Waals surface area contributed by atoms with Gasteiger partial charge < -0.3 is 19.4 Å². The van der Waals surface area contributed by atoms with Gasteiger partial charge in [-0.15, -0.1) is 0 Å². The Bertz CT molecular complexity index is 1270. The van der Waals surface area contributed by atoms with E-state index >= 15 is 0 Å². The number of ether oxygens (including phenoxy) is 2. The first-order chi connectivity index (χ1) is 16.1. The summed E-state index contributed by atoms with van der Waals surface area (Å²) < 4.78 is 11.5. The molecule has 33 heavy (non-hydrogen) atoms. The summed E-state index contributed by atoms with van der Waals surface area (Å²) in [5.74, 6) is 1.45. The smallest absolute Gasteiger partial charge is 0.219 e. The zero-order valence-electron chi connectivity index (χ0n) is 18.7. The number of amides is 1. The minimum absolute atomic E-state index is 0.0239. The molecule has 1 fully saturated rings. The number of methoxy groups -OCH3 is 1. The minimum Gasteiger partial charge on any atom is -0.455 e. The van der Waals surface area contributed by atoms with Gasteiger partial charge in [-0.05, 0) is 55.3 Å². The van der Waals surface area contributed by atoms with E-state index in [1.54, 1.807) is 26.4 Å². The SMILES string of the molecule is COCc1ccc(Oc2cc3cc(-c4ccccn4)[nH]c3cc2C2CCCN2C(C)=O)cn1. The Morgan fingerprint density at radius 3 is 2.82 bits per heavy atom. The van der Waals surface area contributed by atoms with Crippen LogP contribution >= 0.6 is 0 Å². The minimum atomic E-state index is -0.0239. The van der Waals surface area contributed by atoms with Crippen LogP contribution in [-0.2, 0) is 16.1 Å². The lowest BCUT2D eigenvalue weighted by molar-refractivity contribution is -0.129. The molecule has 0 bridgehead atoms. The third-order valence-electron chi connectivity index (χ3n) is 6.03. The molecule has 1 amide bonds. The van der Waals surface area contributed by atoms with Crippen LogP contribution in [0, 0.1) is 0 Å². The third kappa shape index (κ3) is 4.32. The van der Waals surface area contributed by atoms with E-state index in [1.165, 1.54) is 0 Å². The van der Waals surface area contributed by atoms with Crippen molar-refractivity contribution in [1.82, 2.24) is 19.9 Å². The van der Waals surface area contributed by atoms with Crippen molar-refractivity contribution in [1.29, 1.82) is 0 Å². The number of aromatic amines is 1. The van der Waals surface area contributed by atoms with Crippen molar-refractivity contribution >= 4 is 16.8 Å². The zero-order chi connectivity index (χ0) is 22.8. The molecule has 1 aromatic carbocycles. The van der Waals surface area contributed by atoms with Crippen molar-refractivity contribution in [2.75, 3.05) is 13.7 Å². The summed E-state index contributed by atoms with van der Waals surface area (Å²) in [4.78, 5) is 26.6. The van der Waals surface area contributed by atoms with Gasteiger partial charge in [0.2, 0.25) is 5.91 Å². The van der Waals surface area contributed by atoms with E-state index in [1.807, 2.05) is 41.3 Å². The molecule has 0 radical (unpaired) electrons. The summed E-state index contributed by atoms with van der Waals surface area (Å²) in [6.45, 7) is 2.84. The van der Waals surface area contributed by atoms with Crippen LogP contribution in [-0.4, -0.2) is 39.4 Å². The van der Waals surface area contributed by atoms with Gasteiger partial charge in [-0.3, -0.25) is 14.8 Å². The van der Waals surface area contributed by atoms with Crippen molar-refractivity contribution in [3.63, 3.8) is 0 Å². The highest BCUT2D eigenvalue weighted by atomic mass is 16.5. The number of aromatic nitrogens is 3. The van der Waals surface area contributed by atoms with Crippen LogP contribution < -0.4 is 4.74 Å². The highest BCUT2D eigenvalue weighted by Crippen LogP contribution is 2.41. The van der Waals surface area contributed by atoms with Crippen molar-refractivity contribution in [2.24, 2.45) is 0 Å². The van der Waals surface area contributed by atoms with Gasteiger partial charge >= 0.3 is 0 Å². The Hall–Kier alpha value is -3.71. The summed E-state index contributed by atoms with van der Waals surface area (Å²) in [7, 11) is 1.64. The second-order valence-electron chi connectivity index (χ2n) is 8.27. The van der Waals surface area contributed by atoms with E-state index in [4.69, 9.17) is 9.47 Å². The summed E-state index contributed by atoms with van der Waals surface area (Å²) >= 11 is 0. The summed E-state index contributed by atoms with van der Waals surface area (Å²) in [5, 5.41) is 1.02. The number of pyridine rings is 2. The Kier molecular flexibility index (Phi) is 5.79. The molecule has 1 N–H and O–H groups in total. The first kappa shape index (κ1) is 21.2. The Balaban J connectivity index is 1.57. The highest BCUT2D eigenvalue weighted by molar-refractivity contribution is 5.88. The quantitative estimate of drug-likeness (QED) is 0.441. The molecule has 168 valence electrons. The predicted octanol–water partition coefficient (Wildman–Crippen LogP) is 5.25. The number of fused-ring (bicyclic) bond motifs is 1. The lowest BCUT2D eigenvalue weighted by atomic mass is 10.0. The molecule has 4 heterocycles. The lowest BCUT2D eigenvalue weighted by Gasteiger charge is -2.25. The fraction of sp³-hybridized carbons (Fsp3) is 0.269. The number of hydrogen-bond acceptors (Lipinski definition) is 5. The van der Waals surface area contributed by atoms with E-state index in [9.17, 15) is 4.79 Å². The van der Waals surface area contributed by atoms with Crippen molar-refractivity contribution in [2.45, 2.75) is 32.4 Å². The van der Waals surface area contributed by atoms with Gasteiger partial charge in [0.1, 0.15) is 11.5 Å². The highest BCUT2D eigenvalue weighted by Gasteiger charge is 2.31. The average molecular weight is 443 g/mol. The molecule has 1 atom stereocenters. The summed E-state index contributed by atoms with van der Waals surface area (Å²) in [6, 6.07) is 15.8. The monoisotopic (exact) mass is 442 g/mol. The van der Waals surface area contributed by atoms with Crippen LogP contribution in [0.5, 0.6) is 11.5 Å². The van der Waals surface area contributed by atoms with Crippen molar-refractivity contribution in [3.05, 3.63) is 72.2 Å². The number of rotatable bonds is 6. The molecule has 3 aromatic heterocycles. The van der Waals surface area contributed by atoms with Crippen LogP contribution in [0.3, 0.4) is 0 Å². The van der Waals surface area contributed by atoms with E-state index < -0.39 is 0 Å². The molecule has 7 heteroatoms. The molecule has 0 aliphatic carbocycles. The number of H-pyrrole nitrogens is 1. The largest absolute Gasteiger partial charge is 0.455 e. The normalized spacial score (nSPS) is 15.8. The fourth-order valence-corrected chi connectivity index (χ4v) is 4.48. The van der Waals surface area contributed by atoms with Crippen molar-refractivity contribution < 1.29 is 14.3 Å². The van der Waals surface area contributed by atoms with Gasteiger partial charge in [-0.2, -0.15) is 0 Å². The number of nitrogens with zero attached hydrogens (tertiary/aromatic N) is 3. The number of hydrogen-bond donors (Lipinski definition) is 1. The topological polar surface area (TPSA) is 80.3 Å². The molecule has 0 spiro atoms. The van der Waals surface area contributed by atoms with Crippen LogP contribution in [0.1, 0.15) is 37.1 Å². The van der Waals surface area contributed by atoms with E-state index in [0.29, 0.717) is 12.4 Å². The maximum atomic E-state index is 12.3. The molecule has 4 aromatic rings. The van der Waals surface area contributed by atoms with Gasteiger partial charge in [0.25, 0.3) is 0 Å². The lowest BCUT2D eigenvalue weighted by Crippen LogP contribution is -2.28. The van der Waals surface area contributed by atoms with Gasteiger partial charge in [0.05, 0.1) is 35.9 Å². The maximum absolute atomic E-state index is 12.3. The Morgan fingerprint density at radius 1 is 1.18 bits per heavy atom. The first-order valence-electron chi connectivity index (χ1n) is 11.1. The molecule has 1 aliphatic rings. The zero-order valence-corrected chi connectivity index (χ0v) is 18.7. The van der Waals surface area contributed by atoms with Gasteiger partial charge in [0, 0.05) is 43.2 Å². The average Bonchev–Trinajstić information content (AvgIpc) is 3.48. The number of benzene rings is 1. The van der Waals surface area contributed by atoms with E-state index in [2.05, 4.69) is 27.1 Å². The molecule has 1 unspecified atom stereocenters. The molecular formula is C26H26N4O3. The van der Waals surface area contributed by atoms with Gasteiger partial charge in [-0.1, -0.05) is 6.07 Å². The number of carbonyl (C=O) groups is 1. The van der Waals surface area contributed by atoms with E-state index in [0.717, 1.165) is 58.7 Å².